The Morgan fingerprint density at radius 3 is 2.11 bits per heavy atom. The van der Waals surface area contributed by atoms with Gasteiger partial charge < -0.3 is 14.6 Å². The number of hydrogen-bond donors (Lipinski definition) is 1. The number of allylic oxidation sites excluding steroid dienone is 6. The second-order valence-electron chi connectivity index (χ2n) is 15.6. The number of pyridine rings is 2. The predicted molar refractivity (Wildman–Crippen MR) is 233 cm³/mol. The Bertz CT molecular complexity index is 2900. The van der Waals surface area contributed by atoms with E-state index in [1.54, 1.807) is 0 Å². The van der Waals surface area contributed by atoms with Crippen molar-refractivity contribution in [3.63, 3.8) is 0 Å². The van der Waals surface area contributed by atoms with Gasteiger partial charge in [0.1, 0.15) is 0 Å². The summed E-state index contributed by atoms with van der Waals surface area (Å²) in [7, 11) is 0. The molecule has 3 aromatic heterocycles. The number of hydrogen-bond acceptors (Lipinski definition) is 4. The van der Waals surface area contributed by atoms with Crippen molar-refractivity contribution >= 4 is 33.1 Å². The van der Waals surface area contributed by atoms with Crippen molar-refractivity contribution in [1.82, 2.24) is 19.9 Å². The lowest BCUT2D eigenvalue weighted by Gasteiger charge is -2.31. The minimum absolute atomic E-state index is 0.0162. The van der Waals surface area contributed by atoms with Gasteiger partial charge in [-0.05, 0) is 107 Å². The monoisotopic (exact) mass is 736 g/mol. The highest BCUT2D eigenvalue weighted by Gasteiger charge is 2.42. The van der Waals surface area contributed by atoms with Crippen LogP contribution in [0.5, 0.6) is 0 Å². The fourth-order valence-electron chi connectivity index (χ4n) is 9.39. The van der Waals surface area contributed by atoms with Crippen LogP contribution in [0.15, 0.2) is 195 Å². The first-order valence-corrected chi connectivity index (χ1v) is 19.8. The van der Waals surface area contributed by atoms with Gasteiger partial charge in [-0.15, -0.1) is 0 Å². The predicted octanol–water partition coefficient (Wildman–Crippen LogP) is 11.5. The zero-order valence-corrected chi connectivity index (χ0v) is 31.5. The van der Waals surface area contributed by atoms with Gasteiger partial charge in [-0.3, -0.25) is 9.97 Å². The molecular weight excluding hydrogens is 697 g/mol. The van der Waals surface area contributed by atoms with Crippen LogP contribution in [0.3, 0.4) is 0 Å². The van der Waals surface area contributed by atoms with Crippen LogP contribution in [0.2, 0.25) is 0 Å². The van der Waals surface area contributed by atoms with Crippen molar-refractivity contribution < 1.29 is 4.74 Å². The number of ether oxygens (including phenoxy) is 1. The van der Waals surface area contributed by atoms with E-state index in [1.165, 1.54) is 44.1 Å². The van der Waals surface area contributed by atoms with Gasteiger partial charge in [-0.2, -0.15) is 0 Å². The van der Waals surface area contributed by atoms with E-state index in [9.17, 15) is 0 Å². The average Bonchev–Trinajstić information content (AvgIpc) is 3.81. The van der Waals surface area contributed by atoms with E-state index < -0.39 is 0 Å². The summed E-state index contributed by atoms with van der Waals surface area (Å²) in [6, 6.07) is 41.5. The fourth-order valence-corrected chi connectivity index (χ4v) is 9.39. The van der Waals surface area contributed by atoms with Gasteiger partial charge in [-0.1, -0.05) is 115 Å². The third-order valence-corrected chi connectivity index (χ3v) is 12.2. The van der Waals surface area contributed by atoms with Crippen molar-refractivity contribution in [3.05, 3.63) is 206 Å². The second kappa shape index (κ2) is 13.4. The lowest BCUT2D eigenvalue weighted by molar-refractivity contribution is 0.0886. The van der Waals surface area contributed by atoms with Crippen LogP contribution < -0.4 is 5.32 Å². The minimum Gasteiger partial charge on any atom is -0.378 e. The smallest absolute Gasteiger partial charge is 0.0838 e. The average molecular weight is 737 g/mol. The van der Waals surface area contributed by atoms with Gasteiger partial charge in [0.2, 0.25) is 0 Å². The molecule has 274 valence electrons. The minimum atomic E-state index is -0.328. The Balaban J connectivity index is 1.09. The summed E-state index contributed by atoms with van der Waals surface area (Å²) in [6.07, 6.45) is 27.9. The molecule has 5 heterocycles. The Morgan fingerprint density at radius 2 is 1.37 bits per heavy atom. The molecule has 0 saturated carbocycles. The molecule has 0 bridgehead atoms. The van der Waals surface area contributed by atoms with Gasteiger partial charge in [-0.25, -0.2) is 0 Å². The third kappa shape index (κ3) is 5.65. The Labute approximate surface area is 332 Å². The first-order valence-electron chi connectivity index (χ1n) is 19.8. The largest absolute Gasteiger partial charge is 0.378 e. The van der Waals surface area contributed by atoms with Crippen molar-refractivity contribution in [3.8, 4) is 33.5 Å². The zero-order chi connectivity index (χ0) is 37.9. The van der Waals surface area contributed by atoms with Crippen LogP contribution in [0.25, 0.3) is 66.6 Å². The molecule has 1 saturated heterocycles. The first-order chi connectivity index (χ1) is 28.1. The van der Waals surface area contributed by atoms with Crippen LogP contribution in [0.1, 0.15) is 18.1 Å². The lowest BCUT2D eigenvalue weighted by atomic mass is 9.80. The fraction of sp³-hybridized carbons (Fsp3) is 0.115. The lowest BCUT2D eigenvalue weighted by Crippen LogP contribution is -2.35. The first kappa shape index (κ1) is 33.5. The zero-order valence-electron chi connectivity index (χ0n) is 31.5. The molecule has 1 fully saturated rings. The summed E-state index contributed by atoms with van der Waals surface area (Å²) in [6.45, 7) is 2.24. The van der Waals surface area contributed by atoms with Crippen molar-refractivity contribution in [2.45, 2.75) is 24.7 Å². The van der Waals surface area contributed by atoms with E-state index in [0.717, 1.165) is 33.6 Å². The van der Waals surface area contributed by atoms with Crippen molar-refractivity contribution in [2.24, 2.45) is 11.8 Å². The highest BCUT2D eigenvalue weighted by Crippen LogP contribution is 2.46. The van der Waals surface area contributed by atoms with E-state index >= 15 is 0 Å². The second-order valence-corrected chi connectivity index (χ2v) is 15.6. The maximum absolute atomic E-state index is 6.63. The normalized spacial score (nSPS) is 23.2. The molecule has 0 spiro atoms. The maximum atomic E-state index is 6.63. The van der Waals surface area contributed by atoms with Gasteiger partial charge in [0.25, 0.3) is 0 Å². The number of fused-ring (bicyclic) bond motifs is 6. The topological polar surface area (TPSA) is 52.0 Å². The number of aromatic nitrogens is 3. The number of dihydropyridines is 1. The van der Waals surface area contributed by atoms with Crippen LogP contribution in [0.4, 0.5) is 0 Å². The highest BCUT2D eigenvalue weighted by atomic mass is 16.5. The van der Waals surface area contributed by atoms with Crippen molar-refractivity contribution in [1.29, 1.82) is 0 Å². The standard InChI is InChI=1S/C52H40N4O/c1-52(25-7-9-28-55-52)46-15-5-4-13-40(46)36-18-22-49-43(31-36)42-30-35(39-12-2-3-14-41(39)47-16-6-8-27-54-47)17-21-48(42)56(49)38-20-24-51-45(32-38)44-29-34(19-23-50(44)57-51)37-11-10-26-53-33-37/h2-33,44-45,50-51,55H,1H3. The van der Waals surface area contributed by atoms with Gasteiger partial charge >= 0.3 is 0 Å². The van der Waals surface area contributed by atoms with Crippen LogP contribution >= 0.6 is 0 Å². The van der Waals surface area contributed by atoms with E-state index in [2.05, 4.69) is 174 Å². The van der Waals surface area contributed by atoms with Crippen LogP contribution in [0, 0.1) is 11.8 Å². The number of nitrogens with one attached hydrogen (secondary N) is 1. The molecule has 4 aliphatic rings. The quantitative estimate of drug-likeness (QED) is 0.185. The Kier molecular flexibility index (Phi) is 7.90. The van der Waals surface area contributed by atoms with Gasteiger partial charge in [0.15, 0.2) is 0 Å². The van der Waals surface area contributed by atoms with Crippen LogP contribution in [-0.4, -0.2) is 26.7 Å². The van der Waals surface area contributed by atoms with Gasteiger partial charge in [0.05, 0.1) is 34.5 Å². The maximum Gasteiger partial charge on any atom is 0.0838 e. The van der Waals surface area contributed by atoms with Crippen molar-refractivity contribution in [2.75, 3.05) is 0 Å². The molecule has 5 atom stereocenters. The molecule has 2 aliphatic heterocycles. The molecule has 57 heavy (non-hydrogen) atoms. The molecule has 4 aromatic carbocycles. The summed E-state index contributed by atoms with van der Waals surface area (Å²) in [4.78, 5) is 9.12. The number of rotatable bonds is 6. The molecule has 1 N–H and O–H groups in total. The summed E-state index contributed by atoms with van der Waals surface area (Å²) in [5.41, 5.74) is 13.5. The molecule has 5 unspecified atom stereocenters. The van der Waals surface area contributed by atoms with E-state index in [-0.39, 0.29) is 29.6 Å². The highest BCUT2D eigenvalue weighted by molar-refractivity contribution is 6.13. The SMILES string of the molecule is CC1(c2ccccc2-c2ccc3c(c2)c2cc(-c4ccccc4-c4ccccn4)ccc2n3C2=CC3C(C=C2)OC2C=CC(c4cccnc4)=CC23)C=CC=CN1. The molecule has 7 aromatic rings. The molecule has 11 rings (SSSR count). The summed E-state index contributed by atoms with van der Waals surface area (Å²) in [5.74, 6) is 0.417. The molecule has 5 heteroatoms. The van der Waals surface area contributed by atoms with E-state index in [0.29, 0.717) is 0 Å². The van der Waals surface area contributed by atoms with E-state index in [1.807, 2.05) is 43.0 Å². The number of benzene rings is 4. The number of nitrogens with zero attached hydrogens (tertiary/aromatic N) is 3. The van der Waals surface area contributed by atoms with E-state index in [4.69, 9.17) is 9.72 Å². The van der Waals surface area contributed by atoms with Crippen LogP contribution in [-0.2, 0) is 10.3 Å². The molecule has 2 aliphatic carbocycles. The molecule has 0 amide bonds. The summed E-state index contributed by atoms with van der Waals surface area (Å²) in [5, 5.41) is 6.04. The third-order valence-electron chi connectivity index (χ3n) is 12.2. The Morgan fingerprint density at radius 1 is 0.649 bits per heavy atom. The molecular formula is C52H40N4O. The molecule has 0 radical (unpaired) electrons. The summed E-state index contributed by atoms with van der Waals surface area (Å²) < 4.78 is 9.09. The summed E-state index contributed by atoms with van der Waals surface area (Å²) >= 11 is 0. The van der Waals surface area contributed by atoms with Gasteiger partial charge in [0, 0.05) is 52.5 Å². The Hall–Kier alpha value is -6.82. The molecule has 5 nitrogen and oxygen atoms in total.